The molecule has 0 aromatic carbocycles. The molecule has 0 unspecified atom stereocenters. The van der Waals surface area contributed by atoms with Gasteiger partial charge in [0.1, 0.15) is 0 Å². The first kappa shape index (κ1) is 9.88. The van der Waals surface area contributed by atoms with E-state index in [4.69, 9.17) is 0 Å². The first-order chi connectivity index (χ1) is 6.09. The number of halogens is 2. The molecule has 0 radical (unpaired) electrons. The van der Waals surface area contributed by atoms with E-state index in [9.17, 15) is 18.4 Å². The molecule has 1 rings (SSSR count). The van der Waals surface area contributed by atoms with Gasteiger partial charge in [0.05, 0.1) is 13.1 Å². The molecule has 1 aliphatic heterocycles. The lowest BCUT2D eigenvalue weighted by molar-refractivity contribution is -0.131. The van der Waals surface area contributed by atoms with Crippen molar-refractivity contribution < 1.29 is 18.4 Å². The van der Waals surface area contributed by atoms with Gasteiger partial charge in [0.15, 0.2) is 0 Å². The molecule has 0 aliphatic carbocycles. The summed E-state index contributed by atoms with van der Waals surface area (Å²) in [7, 11) is 0. The highest BCUT2D eigenvalue weighted by Gasteiger charge is 2.22. The standard InChI is InChI=1S/C7H10F2N2O2/c8-5(9)4-11-2-1-6(12)10-3-7(11)13/h5H,1-4H2,(H,10,12). The summed E-state index contributed by atoms with van der Waals surface area (Å²) in [5, 5.41) is 2.32. The van der Waals surface area contributed by atoms with Crippen molar-refractivity contribution in [2.45, 2.75) is 12.8 Å². The molecule has 0 aromatic heterocycles. The minimum Gasteiger partial charge on any atom is -0.347 e. The maximum Gasteiger partial charge on any atom is 0.255 e. The highest BCUT2D eigenvalue weighted by molar-refractivity contribution is 5.87. The molecule has 1 aliphatic rings. The summed E-state index contributed by atoms with van der Waals surface area (Å²) in [5.74, 6) is -0.726. The molecule has 13 heavy (non-hydrogen) atoms. The Morgan fingerprint density at radius 2 is 2.15 bits per heavy atom. The quantitative estimate of drug-likeness (QED) is 0.647. The van der Waals surface area contributed by atoms with Crippen molar-refractivity contribution in [3.63, 3.8) is 0 Å². The average Bonchev–Trinajstić information content (AvgIpc) is 2.19. The Kier molecular flexibility index (Phi) is 3.16. The number of rotatable bonds is 2. The third-order valence-corrected chi connectivity index (χ3v) is 1.76. The minimum atomic E-state index is -2.54. The van der Waals surface area contributed by atoms with Gasteiger partial charge in [-0.2, -0.15) is 0 Å². The van der Waals surface area contributed by atoms with Gasteiger partial charge in [-0.1, -0.05) is 0 Å². The summed E-state index contributed by atoms with van der Waals surface area (Å²) in [5.41, 5.74) is 0. The molecule has 1 N–H and O–H groups in total. The summed E-state index contributed by atoms with van der Waals surface area (Å²) in [4.78, 5) is 22.9. The second-order valence-corrected chi connectivity index (χ2v) is 2.76. The molecule has 0 bridgehead atoms. The zero-order chi connectivity index (χ0) is 9.84. The number of nitrogens with one attached hydrogen (secondary N) is 1. The minimum absolute atomic E-state index is 0.0784. The van der Waals surface area contributed by atoms with Gasteiger partial charge in [0, 0.05) is 13.0 Å². The third-order valence-electron chi connectivity index (χ3n) is 1.76. The van der Waals surface area contributed by atoms with E-state index in [1.54, 1.807) is 0 Å². The molecule has 0 atom stereocenters. The average molecular weight is 192 g/mol. The summed E-state index contributed by atoms with van der Waals surface area (Å²) in [6.45, 7) is -0.686. The summed E-state index contributed by atoms with van der Waals surface area (Å²) in [6, 6.07) is 0. The Labute approximate surface area is 73.9 Å². The van der Waals surface area contributed by atoms with Crippen molar-refractivity contribution in [1.82, 2.24) is 10.2 Å². The SMILES string of the molecule is O=C1CCN(CC(F)F)C(=O)CN1. The van der Waals surface area contributed by atoms with E-state index in [0.29, 0.717) is 0 Å². The van der Waals surface area contributed by atoms with E-state index in [1.165, 1.54) is 0 Å². The molecule has 0 spiro atoms. The predicted octanol–water partition coefficient (Wildman–Crippen LogP) is -0.400. The number of amides is 2. The summed E-state index contributed by atoms with van der Waals surface area (Å²) in [6.07, 6.45) is -2.45. The van der Waals surface area contributed by atoms with Crippen molar-refractivity contribution in [2.75, 3.05) is 19.6 Å². The molecule has 6 heteroatoms. The van der Waals surface area contributed by atoms with Gasteiger partial charge in [-0.15, -0.1) is 0 Å². The van der Waals surface area contributed by atoms with E-state index in [2.05, 4.69) is 5.32 Å². The van der Waals surface area contributed by atoms with Crippen LogP contribution in [0.25, 0.3) is 0 Å². The van der Waals surface area contributed by atoms with Crippen LogP contribution < -0.4 is 5.32 Å². The van der Waals surface area contributed by atoms with Gasteiger partial charge >= 0.3 is 0 Å². The van der Waals surface area contributed by atoms with Crippen LogP contribution in [-0.4, -0.2) is 42.8 Å². The lowest BCUT2D eigenvalue weighted by Gasteiger charge is -2.18. The van der Waals surface area contributed by atoms with Crippen LogP contribution in [0.5, 0.6) is 0 Å². The number of hydrogen-bond acceptors (Lipinski definition) is 2. The van der Waals surface area contributed by atoms with Gasteiger partial charge in [-0.3, -0.25) is 9.59 Å². The second kappa shape index (κ2) is 4.15. The first-order valence-electron chi connectivity index (χ1n) is 3.92. The second-order valence-electron chi connectivity index (χ2n) is 2.76. The summed E-state index contributed by atoms with van der Waals surface area (Å²) >= 11 is 0. The monoisotopic (exact) mass is 192 g/mol. The van der Waals surface area contributed by atoms with Gasteiger partial charge in [-0.25, -0.2) is 8.78 Å². The molecule has 0 aromatic rings. The van der Waals surface area contributed by atoms with Crippen molar-refractivity contribution >= 4 is 11.8 Å². The Morgan fingerprint density at radius 3 is 2.77 bits per heavy atom. The normalized spacial score (nSPS) is 18.8. The molecule has 1 heterocycles. The van der Waals surface area contributed by atoms with Crippen LogP contribution in [0.3, 0.4) is 0 Å². The zero-order valence-electron chi connectivity index (χ0n) is 6.93. The van der Waals surface area contributed by atoms with Crippen LogP contribution in [0, 0.1) is 0 Å². The van der Waals surface area contributed by atoms with Gasteiger partial charge < -0.3 is 10.2 Å². The van der Waals surface area contributed by atoms with Gasteiger partial charge in [0.2, 0.25) is 11.8 Å². The lowest BCUT2D eigenvalue weighted by atomic mass is 10.4. The Bertz CT molecular complexity index is 221. The number of alkyl halides is 2. The van der Waals surface area contributed by atoms with E-state index < -0.39 is 18.9 Å². The van der Waals surface area contributed by atoms with Crippen LogP contribution in [-0.2, 0) is 9.59 Å². The number of carbonyl (C=O) groups excluding carboxylic acids is 2. The van der Waals surface area contributed by atoms with Crippen molar-refractivity contribution in [3.8, 4) is 0 Å². The van der Waals surface area contributed by atoms with Crippen LogP contribution in [0.2, 0.25) is 0 Å². The van der Waals surface area contributed by atoms with Crippen LogP contribution >= 0.6 is 0 Å². The van der Waals surface area contributed by atoms with Crippen LogP contribution in [0.15, 0.2) is 0 Å². The van der Waals surface area contributed by atoms with E-state index in [-0.39, 0.29) is 25.4 Å². The Morgan fingerprint density at radius 1 is 1.46 bits per heavy atom. The smallest absolute Gasteiger partial charge is 0.255 e. The fourth-order valence-corrected chi connectivity index (χ4v) is 1.10. The van der Waals surface area contributed by atoms with Gasteiger partial charge in [0.25, 0.3) is 6.43 Å². The molecule has 2 amide bonds. The number of carbonyl (C=O) groups is 2. The maximum atomic E-state index is 11.9. The lowest BCUT2D eigenvalue weighted by Crippen LogP contribution is -2.38. The van der Waals surface area contributed by atoms with Crippen molar-refractivity contribution in [2.24, 2.45) is 0 Å². The van der Waals surface area contributed by atoms with Crippen molar-refractivity contribution in [3.05, 3.63) is 0 Å². The number of hydrogen-bond donors (Lipinski definition) is 1. The zero-order valence-corrected chi connectivity index (χ0v) is 6.93. The third kappa shape index (κ3) is 2.96. The van der Waals surface area contributed by atoms with Crippen molar-refractivity contribution in [1.29, 1.82) is 0 Å². The topological polar surface area (TPSA) is 49.4 Å². The molecule has 1 saturated heterocycles. The Hall–Kier alpha value is -1.20. The largest absolute Gasteiger partial charge is 0.347 e. The molecule has 1 fully saturated rings. The molecule has 4 nitrogen and oxygen atoms in total. The van der Waals surface area contributed by atoms with E-state index in [0.717, 1.165) is 4.90 Å². The molecular formula is C7H10F2N2O2. The molecule has 74 valence electrons. The molecule has 0 saturated carbocycles. The highest BCUT2D eigenvalue weighted by Crippen LogP contribution is 2.02. The number of nitrogens with zero attached hydrogens (tertiary/aromatic N) is 1. The maximum absolute atomic E-state index is 11.9. The van der Waals surface area contributed by atoms with E-state index >= 15 is 0 Å². The fraction of sp³-hybridized carbons (Fsp3) is 0.714. The Balaban J connectivity index is 2.52. The van der Waals surface area contributed by atoms with Gasteiger partial charge in [-0.05, 0) is 0 Å². The van der Waals surface area contributed by atoms with Crippen LogP contribution in [0.4, 0.5) is 8.78 Å². The van der Waals surface area contributed by atoms with Crippen LogP contribution in [0.1, 0.15) is 6.42 Å². The fourth-order valence-electron chi connectivity index (χ4n) is 1.10. The highest BCUT2D eigenvalue weighted by atomic mass is 19.3. The molecular weight excluding hydrogens is 182 g/mol. The summed E-state index contributed by atoms with van der Waals surface area (Å²) < 4.78 is 23.8. The first-order valence-corrected chi connectivity index (χ1v) is 3.92. The van der Waals surface area contributed by atoms with E-state index in [1.807, 2.05) is 0 Å². The predicted molar refractivity (Wildman–Crippen MR) is 40.2 cm³/mol.